The van der Waals surface area contributed by atoms with Crippen LogP contribution in [0.3, 0.4) is 0 Å². The summed E-state index contributed by atoms with van der Waals surface area (Å²) in [6, 6.07) is 1.81. The molecular formula is C10H15NO3. The average Bonchev–Trinajstić information content (AvgIpc) is 2.65. The molecule has 0 spiro atoms. The van der Waals surface area contributed by atoms with Crippen LogP contribution in [0.1, 0.15) is 25.0 Å². The largest absolute Gasteiger partial charge is 0.493 e. The van der Waals surface area contributed by atoms with E-state index in [2.05, 4.69) is 5.18 Å². The summed E-state index contributed by atoms with van der Waals surface area (Å²) in [6.07, 6.45) is 5.33. The molecular weight excluding hydrogens is 182 g/mol. The zero-order valence-corrected chi connectivity index (χ0v) is 8.36. The van der Waals surface area contributed by atoms with Gasteiger partial charge in [-0.15, -0.1) is 0 Å². The fourth-order valence-corrected chi connectivity index (χ4v) is 1.33. The molecule has 4 nitrogen and oxygen atoms in total. The zero-order chi connectivity index (χ0) is 10.2. The first-order chi connectivity index (χ1) is 6.88. The molecule has 0 N–H and O–H groups in total. The molecule has 0 bridgehead atoms. The lowest BCUT2D eigenvalue weighted by atomic mass is 10.1. The van der Waals surface area contributed by atoms with Gasteiger partial charge in [0.15, 0.2) is 5.75 Å². The highest BCUT2D eigenvalue weighted by atomic mass is 16.5. The Morgan fingerprint density at radius 1 is 1.43 bits per heavy atom. The van der Waals surface area contributed by atoms with Gasteiger partial charge in [-0.3, -0.25) is 0 Å². The van der Waals surface area contributed by atoms with Crippen LogP contribution in [-0.4, -0.2) is 13.7 Å². The summed E-state index contributed by atoms with van der Waals surface area (Å²) in [6.45, 7) is 0.412. The quantitative estimate of drug-likeness (QED) is 0.499. The molecule has 1 heterocycles. The summed E-state index contributed by atoms with van der Waals surface area (Å²) < 4.78 is 10.4. The van der Waals surface area contributed by atoms with Crippen LogP contribution in [0, 0.1) is 4.91 Å². The Morgan fingerprint density at radius 3 is 3.00 bits per heavy atom. The summed E-state index contributed by atoms with van der Waals surface area (Å²) in [5.74, 6) is 1.69. The van der Waals surface area contributed by atoms with Gasteiger partial charge in [-0.05, 0) is 12.8 Å². The number of hydrogen-bond donors (Lipinski definition) is 0. The zero-order valence-electron chi connectivity index (χ0n) is 8.36. The SMILES string of the molecule is COc1ccoc1CCCCCN=O. The van der Waals surface area contributed by atoms with Crippen LogP contribution in [0.25, 0.3) is 0 Å². The summed E-state index contributed by atoms with van der Waals surface area (Å²) >= 11 is 0. The smallest absolute Gasteiger partial charge is 0.160 e. The minimum absolute atomic E-state index is 0.412. The fourth-order valence-electron chi connectivity index (χ4n) is 1.33. The van der Waals surface area contributed by atoms with E-state index in [1.807, 2.05) is 6.07 Å². The van der Waals surface area contributed by atoms with Crippen LogP contribution >= 0.6 is 0 Å². The number of methoxy groups -OCH3 is 1. The van der Waals surface area contributed by atoms with E-state index < -0.39 is 0 Å². The van der Waals surface area contributed by atoms with Crippen molar-refractivity contribution in [1.29, 1.82) is 0 Å². The lowest BCUT2D eigenvalue weighted by Crippen LogP contribution is -1.89. The van der Waals surface area contributed by atoms with Gasteiger partial charge in [-0.1, -0.05) is 11.6 Å². The first-order valence-electron chi connectivity index (χ1n) is 4.78. The van der Waals surface area contributed by atoms with Gasteiger partial charge in [0.1, 0.15) is 5.76 Å². The molecule has 0 aliphatic heterocycles. The first-order valence-corrected chi connectivity index (χ1v) is 4.78. The van der Waals surface area contributed by atoms with Gasteiger partial charge < -0.3 is 9.15 Å². The number of nitroso groups, excluding NO2 is 1. The van der Waals surface area contributed by atoms with Crippen molar-refractivity contribution in [3.63, 3.8) is 0 Å². The highest BCUT2D eigenvalue weighted by molar-refractivity contribution is 5.24. The minimum Gasteiger partial charge on any atom is -0.493 e. The Kier molecular flexibility index (Phi) is 4.75. The van der Waals surface area contributed by atoms with Crippen LogP contribution in [0.4, 0.5) is 0 Å². The van der Waals surface area contributed by atoms with E-state index in [9.17, 15) is 4.91 Å². The Labute approximate surface area is 83.2 Å². The molecule has 1 rings (SSSR count). The van der Waals surface area contributed by atoms with E-state index in [0.717, 1.165) is 37.2 Å². The molecule has 14 heavy (non-hydrogen) atoms. The van der Waals surface area contributed by atoms with Crippen LogP contribution in [0.15, 0.2) is 21.9 Å². The van der Waals surface area contributed by atoms with Crippen LogP contribution in [0.2, 0.25) is 0 Å². The van der Waals surface area contributed by atoms with E-state index >= 15 is 0 Å². The molecule has 0 radical (unpaired) electrons. The van der Waals surface area contributed by atoms with E-state index in [1.165, 1.54) is 0 Å². The third-order valence-electron chi connectivity index (χ3n) is 2.08. The number of nitrogens with zero attached hydrogens (tertiary/aromatic N) is 1. The van der Waals surface area contributed by atoms with Gasteiger partial charge in [0.25, 0.3) is 0 Å². The number of hydrogen-bond acceptors (Lipinski definition) is 4. The maximum Gasteiger partial charge on any atom is 0.160 e. The van der Waals surface area contributed by atoms with E-state index in [0.29, 0.717) is 6.54 Å². The van der Waals surface area contributed by atoms with Crippen molar-refractivity contribution in [2.45, 2.75) is 25.7 Å². The van der Waals surface area contributed by atoms with Crippen molar-refractivity contribution < 1.29 is 9.15 Å². The third kappa shape index (κ3) is 3.20. The fraction of sp³-hybridized carbons (Fsp3) is 0.600. The van der Waals surface area contributed by atoms with Crippen molar-refractivity contribution in [3.05, 3.63) is 23.0 Å². The normalized spacial score (nSPS) is 10.1. The number of unbranched alkanes of at least 4 members (excludes halogenated alkanes) is 2. The molecule has 1 aromatic heterocycles. The van der Waals surface area contributed by atoms with E-state index in [-0.39, 0.29) is 0 Å². The lowest BCUT2D eigenvalue weighted by molar-refractivity contribution is 0.388. The monoisotopic (exact) mass is 197 g/mol. The summed E-state index contributed by atoms with van der Waals surface area (Å²) in [5, 5.41) is 2.81. The second-order valence-corrected chi connectivity index (χ2v) is 3.08. The maximum atomic E-state index is 9.81. The molecule has 0 saturated heterocycles. The van der Waals surface area contributed by atoms with Crippen LogP contribution < -0.4 is 4.74 Å². The highest BCUT2D eigenvalue weighted by Gasteiger charge is 2.05. The third-order valence-corrected chi connectivity index (χ3v) is 2.08. The van der Waals surface area contributed by atoms with Gasteiger partial charge in [0.2, 0.25) is 0 Å². The topological polar surface area (TPSA) is 51.8 Å². The van der Waals surface area contributed by atoms with Gasteiger partial charge in [-0.2, -0.15) is 4.91 Å². The Morgan fingerprint density at radius 2 is 2.29 bits per heavy atom. The number of rotatable bonds is 7. The first kappa shape index (κ1) is 10.8. The number of aryl methyl sites for hydroxylation is 1. The number of ether oxygens (including phenoxy) is 1. The van der Waals surface area contributed by atoms with Crippen molar-refractivity contribution >= 4 is 0 Å². The van der Waals surface area contributed by atoms with E-state index in [1.54, 1.807) is 13.4 Å². The van der Waals surface area contributed by atoms with Gasteiger partial charge in [0, 0.05) is 12.5 Å². The van der Waals surface area contributed by atoms with E-state index in [4.69, 9.17) is 9.15 Å². The second kappa shape index (κ2) is 6.18. The number of furan rings is 1. The molecule has 0 atom stereocenters. The summed E-state index contributed by atoms with van der Waals surface area (Å²) in [5.41, 5.74) is 0. The predicted molar refractivity (Wildman–Crippen MR) is 53.5 cm³/mol. The lowest BCUT2D eigenvalue weighted by Gasteiger charge is -2.00. The molecule has 0 fully saturated rings. The Bertz CT molecular complexity index is 270. The van der Waals surface area contributed by atoms with Crippen molar-refractivity contribution in [2.24, 2.45) is 5.18 Å². The molecule has 0 aromatic carbocycles. The molecule has 0 unspecified atom stereocenters. The average molecular weight is 197 g/mol. The molecule has 0 amide bonds. The Hall–Kier alpha value is -1.32. The second-order valence-electron chi connectivity index (χ2n) is 3.08. The standard InChI is InChI=1S/C10H15NO3/c1-13-9-6-8-14-10(9)5-3-2-4-7-11-12/h6,8H,2-5,7H2,1H3. The molecule has 4 heteroatoms. The van der Waals surface area contributed by atoms with Crippen LogP contribution in [-0.2, 0) is 6.42 Å². The highest BCUT2D eigenvalue weighted by Crippen LogP contribution is 2.21. The molecule has 1 aromatic rings. The Balaban J connectivity index is 2.20. The minimum atomic E-state index is 0.412. The summed E-state index contributed by atoms with van der Waals surface area (Å²) in [4.78, 5) is 9.81. The van der Waals surface area contributed by atoms with Gasteiger partial charge >= 0.3 is 0 Å². The van der Waals surface area contributed by atoms with Crippen molar-refractivity contribution in [1.82, 2.24) is 0 Å². The molecule has 0 aliphatic carbocycles. The molecule has 78 valence electrons. The summed E-state index contributed by atoms with van der Waals surface area (Å²) in [7, 11) is 1.63. The maximum absolute atomic E-state index is 9.81. The molecule has 0 saturated carbocycles. The van der Waals surface area contributed by atoms with Crippen molar-refractivity contribution in [2.75, 3.05) is 13.7 Å². The predicted octanol–water partition coefficient (Wildman–Crippen LogP) is 2.77. The van der Waals surface area contributed by atoms with Gasteiger partial charge in [-0.25, -0.2) is 0 Å². The van der Waals surface area contributed by atoms with Crippen LogP contribution in [0.5, 0.6) is 5.75 Å². The molecule has 0 aliphatic rings. The van der Waals surface area contributed by atoms with Gasteiger partial charge in [0.05, 0.1) is 19.9 Å². The van der Waals surface area contributed by atoms with Crippen molar-refractivity contribution in [3.8, 4) is 5.75 Å².